The van der Waals surface area contributed by atoms with Gasteiger partial charge in [0.25, 0.3) is 5.91 Å². The van der Waals surface area contributed by atoms with Gasteiger partial charge in [-0.2, -0.15) is 13.2 Å². The van der Waals surface area contributed by atoms with E-state index in [0.717, 1.165) is 21.4 Å². The summed E-state index contributed by atoms with van der Waals surface area (Å²) >= 11 is 8.67. The fraction of sp³-hybridized carbons (Fsp3) is 0.364. The average Bonchev–Trinajstić information content (AvgIpc) is 3.18. The Balaban J connectivity index is 1.96. The van der Waals surface area contributed by atoms with Crippen molar-refractivity contribution >= 4 is 46.5 Å². The second-order valence-electron chi connectivity index (χ2n) is 7.14. The highest BCUT2D eigenvalue weighted by molar-refractivity contribution is 7.99. The minimum Gasteiger partial charge on any atom is -0.343 e. The number of likely N-dealkylation sites (N-methyl/N-ethyl adjacent to an activating group) is 2. The monoisotopic (exact) mass is 517 g/mol. The summed E-state index contributed by atoms with van der Waals surface area (Å²) in [5, 5.41) is 5.97. The molecule has 1 aliphatic heterocycles. The normalized spacial score (nSPS) is 18.9. The number of nitrogens with zero attached hydrogens (tertiary/aromatic N) is 1. The number of nitrogens with one attached hydrogen (secondary N) is 2. The molecule has 2 N–H and O–H groups in total. The van der Waals surface area contributed by atoms with Crippen LogP contribution >= 0.6 is 34.7 Å². The van der Waals surface area contributed by atoms with E-state index in [9.17, 15) is 22.8 Å². The first-order valence-corrected chi connectivity index (χ1v) is 12.4. The highest BCUT2D eigenvalue weighted by Gasteiger charge is 2.46. The fourth-order valence-electron chi connectivity index (χ4n) is 3.57. The van der Waals surface area contributed by atoms with Crippen LogP contribution in [-0.2, 0) is 4.79 Å². The van der Waals surface area contributed by atoms with Gasteiger partial charge < -0.3 is 15.5 Å². The largest absolute Gasteiger partial charge is 0.431 e. The van der Waals surface area contributed by atoms with E-state index in [0.29, 0.717) is 20.6 Å². The fourth-order valence-corrected chi connectivity index (χ4v) is 5.77. The lowest BCUT2D eigenvalue weighted by molar-refractivity contribution is -0.146. The molecule has 0 saturated heterocycles. The summed E-state index contributed by atoms with van der Waals surface area (Å²) in [6, 6.07) is 6.88. The molecule has 2 atom stereocenters. The van der Waals surface area contributed by atoms with Crippen molar-refractivity contribution in [1.29, 1.82) is 0 Å². The smallest absolute Gasteiger partial charge is 0.343 e. The van der Waals surface area contributed by atoms with Gasteiger partial charge in [-0.25, -0.2) is 0 Å². The van der Waals surface area contributed by atoms with E-state index in [2.05, 4.69) is 10.6 Å². The molecule has 2 unspecified atom stereocenters. The number of halogens is 4. The third-order valence-electron chi connectivity index (χ3n) is 5.07. The predicted octanol–water partition coefficient (Wildman–Crippen LogP) is 5.18. The van der Waals surface area contributed by atoms with Crippen LogP contribution in [0.2, 0.25) is 5.02 Å². The van der Waals surface area contributed by atoms with Crippen molar-refractivity contribution in [2.24, 2.45) is 0 Å². The molecule has 2 heterocycles. The molecule has 0 bridgehead atoms. The summed E-state index contributed by atoms with van der Waals surface area (Å²) < 4.78 is 40.8. The third-order valence-corrected chi connectivity index (χ3v) is 7.55. The Hall–Kier alpha value is -2.01. The first-order chi connectivity index (χ1) is 15.6. The molecular formula is C22H23ClF3N3O2S2. The zero-order chi connectivity index (χ0) is 24.3. The Morgan fingerprint density at radius 3 is 2.45 bits per heavy atom. The van der Waals surface area contributed by atoms with E-state index >= 15 is 0 Å². The van der Waals surface area contributed by atoms with Gasteiger partial charge in [-0.15, -0.1) is 23.1 Å². The van der Waals surface area contributed by atoms with Crippen molar-refractivity contribution in [2.45, 2.75) is 37.0 Å². The number of benzene rings is 1. The molecule has 0 fully saturated rings. The van der Waals surface area contributed by atoms with Crippen molar-refractivity contribution in [1.82, 2.24) is 15.5 Å². The SMILES string of the molecule is CCSc1cc(-c2ccc(Cl)cc2)sc1C(=O)NC1C=C(C(F)(F)F)N(CC)C(=O)C1NC. The third kappa shape index (κ3) is 5.56. The first kappa shape index (κ1) is 25.6. The van der Waals surface area contributed by atoms with Gasteiger partial charge >= 0.3 is 6.18 Å². The summed E-state index contributed by atoms with van der Waals surface area (Å²) in [6.07, 6.45) is -3.81. The van der Waals surface area contributed by atoms with Crippen LogP contribution in [0.15, 0.2) is 47.0 Å². The van der Waals surface area contributed by atoms with Crippen LogP contribution in [0, 0.1) is 0 Å². The Bertz CT molecular complexity index is 1050. The summed E-state index contributed by atoms with van der Waals surface area (Å²) in [6.45, 7) is 3.29. The number of alkyl halides is 3. The van der Waals surface area contributed by atoms with Gasteiger partial charge in [-0.3, -0.25) is 9.59 Å². The van der Waals surface area contributed by atoms with E-state index in [4.69, 9.17) is 11.6 Å². The minimum absolute atomic E-state index is 0.129. The Morgan fingerprint density at radius 1 is 1.24 bits per heavy atom. The molecule has 0 spiro atoms. The second-order valence-corrected chi connectivity index (χ2v) is 9.94. The summed E-state index contributed by atoms with van der Waals surface area (Å²) in [5.74, 6) is -0.560. The van der Waals surface area contributed by atoms with E-state index in [1.165, 1.54) is 37.1 Å². The number of thiophene rings is 1. The molecule has 2 amide bonds. The number of hydrogen-bond acceptors (Lipinski definition) is 5. The van der Waals surface area contributed by atoms with E-state index in [1.807, 2.05) is 25.1 Å². The van der Waals surface area contributed by atoms with Gasteiger partial charge in [0, 0.05) is 21.3 Å². The zero-order valence-electron chi connectivity index (χ0n) is 18.1. The highest BCUT2D eigenvalue weighted by atomic mass is 35.5. The molecule has 0 radical (unpaired) electrons. The molecule has 2 aromatic rings. The Kier molecular flexibility index (Phi) is 8.15. The maximum absolute atomic E-state index is 13.6. The van der Waals surface area contributed by atoms with Crippen LogP contribution in [0.3, 0.4) is 0 Å². The number of allylic oxidation sites excluding steroid dienone is 1. The number of amides is 2. The van der Waals surface area contributed by atoms with Crippen LogP contribution in [0.25, 0.3) is 10.4 Å². The van der Waals surface area contributed by atoms with Crippen LogP contribution in [0.5, 0.6) is 0 Å². The van der Waals surface area contributed by atoms with Gasteiger partial charge in [-0.05, 0) is 49.6 Å². The van der Waals surface area contributed by atoms with Gasteiger partial charge in [0.05, 0.1) is 6.04 Å². The molecule has 1 aromatic carbocycles. The van der Waals surface area contributed by atoms with Crippen LogP contribution in [0.1, 0.15) is 23.5 Å². The number of thioether (sulfide) groups is 1. The first-order valence-electron chi connectivity index (χ1n) is 10.2. The predicted molar refractivity (Wildman–Crippen MR) is 127 cm³/mol. The Labute approximate surface area is 203 Å². The lowest BCUT2D eigenvalue weighted by Gasteiger charge is -2.37. The molecule has 5 nitrogen and oxygen atoms in total. The molecule has 11 heteroatoms. The standard InChI is InChI=1S/C22H23ClF3N3O2S2/c1-4-29-17(22(24,25)26)10-14(18(27-3)21(29)31)28-20(30)19-16(32-5-2)11-15(33-19)12-6-8-13(23)9-7-12/h6-11,14,18,27H,4-5H2,1-3H3,(H,28,30). The zero-order valence-corrected chi connectivity index (χ0v) is 20.5. The van der Waals surface area contributed by atoms with Gasteiger partial charge in [0.15, 0.2) is 0 Å². The topological polar surface area (TPSA) is 61.4 Å². The van der Waals surface area contributed by atoms with Crippen molar-refractivity contribution in [2.75, 3.05) is 19.3 Å². The number of hydrogen-bond donors (Lipinski definition) is 2. The quantitative estimate of drug-likeness (QED) is 0.497. The van der Waals surface area contributed by atoms with Crippen molar-refractivity contribution < 1.29 is 22.8 Å². The number of rotatable bonds is 7. The molecule has 0 saturated carbocycles. The summed E-state index contributed by atoms with van der Waals surface area (Å²) in [7, 11) is 1.48. The van der Waals surface area contributed by atoms with Crippen molar-refractivity contribution in [3.8, 4) is 10.4 Å². The van der Waals surface area contributed by atoms with Crippen molar-refractivity contribution in [3.05, 3.63) is 52.0 Å². The summed E-state index contributed by atoms with van der Waals surface area (Å²) in [5.41, 5.74) is -0.192. The summed E-state index contributed by atoms with van der Waals surface area (Å²) in [4.78, 5) is 28.5. The second kappa shape index (κ2) is 10.5. The molecule has 0 aliphatic carbocycles. The maximum Gasteiger partial charge on any atom is 0.431 e. The van der Waals surface area contributed by atoms with Gasteiger partial charge in [-0.1, -0.05) is 30.7 Å². The van der Waals surface area contributed by atoms with Crippen LogP contribution in [0.4, 0.5) is 13.2 Å². The van der Waals surface area contributed by atoms with E-state index < -0.39 is 35.8 Å². The molecule has 178 valence electrons. The molecule has 1 aliphatic rings. The lowest BCUT2D eigenvalue weighted by atomic mass is 9.99. The molecule has 33 heavy (non-hydrogen) atoms. The maximum atomic E-state index is 13.6. The molecule has 3 rings (SSSR count). The van der Waals surface area contributed by atoms with Crippen molar-refractivity contribution in [3.63, 3.8) is 0 Å². The van der Waals surface area contributed by atoms with E-state index in [-0.39, 0.29) is 6.54 Å². The average molecular weight is 518 g/mol. The Morgan fingerprint density at radius 2 is 1.91 bits per heavy atom. The number of carbonyl (C=O) groups is 2. The minimum atomic E-state index is -4.72. The highest BCUT2D eigenvalue weighted by Crippen LogP contribution is 2.38. The van der Waals surface area contributed by atoms with Gasteiger partial charge in [0.2, 0.25) is 5.91 Å². The van der Waals surface area contributed by atoms with E-state index in [1.54, 1.807) is 12.1 Å². The molecule has 1 aromatic heterocycles. The van der Waals surface area contributed by atoms with Crippen LogP contribution in [-0.4, -0.2) is 54.3 Å². The lowest BCUT2D eigenvalue weighted by Crippen LogP contribution is -2.60. The molecular weight excluding hydrogens is 495 g/mol. The number of carbonyl (C=O) groups excluding carboxylic acids is 2. The van der Waals surface area contributed by atoms with Gasteiger partial charge in [0.1, 0.15) is 16.6 Å². The van der Waals surface area contributed by atoms with Crippen LogP contribution < -0.4 is 10.6 Å².